The predicted molar refractivity (Wildman–Crippen MR) is 208 cm³/mol. The number of carbonyl (C=O) groups excluding carboxylic acids is 1. The molecule has 13 heteroatoms. The highest BCUT2D eigenvalue weighted by Crippen LogP contribution is 2.40. The van der Waals surface area contributed by atoms with E-state index >= 15 is 0 Å². The highest BCUT2D eigenvalue weighted by atomic mass is 28.4. The molecule has 0 radical (unpaired) electrons. The van der Waals surface area contributed by atoms with Gasteiger partial charge in [-0.05, 0) is 98.7 Å². The van der Waals surface area contributed by atoms with Gasteiger partial charge in [-0.3, -0.25) is 4.68 Å². The summed E-state index contributed by atoms with van der Waals surface area (Å²) in [6.07, 6.45) is 1.63. The number of likely N-dealkylation sites (tertiary alicyclic amines) is 1. The molecule has 0 N–H and O–H groups in total. The molecule has 2 atom stereocenters. The van der Waals surface area contributed by atoms with Crippen LogP contribution in [-0.4, -0.2) is 90.6 Å². The first-order valence-corrected chi connectivity index (χ1v) is 22.4. The first kappa shape index (κ1) is 38.6. The molecule has 54 heavy (non-hydrogen) atoms. The molecule has 2 unspecified atom stereocenters. The Morgan fingerprint density at radius 1 is 1.06 bits per heavy atom. The molecule has 3 aliphatic rings. The molecule has 2 saturated heterocycles. The Bertz CT molecular complexity index is 1960. The Kier molecular flexibility index (Phi) is 10.8. The van der Waals surface area contributed by atoms with Gasteiger partial charge in [-0.25, -0.2) is 22.9 Å². The van der Waals surface area contributed by atoms with Crippen LogP contribution < -0.4 is 4.90 Å². The van der Waals surface area contributed by atoms with Crippen LogP contribution >= 0.6 is 0 Å². The number of carbonyl (C=O) groups is 1. The first-order valence-electron chi connectivity index (χ1n) is 19.5. The van der Waals surface area contributed by atoms with E-state index in [1.165, 1.54) is 36.1 Å². The maximum Gasteiger partial charge on any atom is 0.337 e. The topological polar surface area (TPSA) is 77.7 Å². The number of benzene rings is 2. The van der Waals surface area contributed by atoms with E-state index in [1.54, 1.807) is 11.5 Å². The second kappa shape index (κ2) is 15.1. The van der Waals surface area contributed by atoms with Crippen molar-refractivity contribution in [2.24, 2.45) is 11.8 Å². The van der Waals surface area contributed by atoms with Crippen molar-refractivity contribution in [1.29, 1.82) is 0 Å². The molecule has 2 fully saturated rings. The molecule has 2 aromatic heterocycles. The van der Waals surface area contributed by atoms with Crippen molar-refractivity contribution in [2.45, 2.75) is 97.2 Å². The highest BCUT2D eigenvalue weighted by molar-refractivity contribution is 6.74. The molecule has 0 aliphatic carbocycles. The fourth-order valence-corrected chi connectivity index (χ4v) is 9.12. The number of anilines is 1. The number of hydrogen-bond acceptors (Lipinski definition) is 7. The van der Waals surface area contributed by atoms with Crippen molar-refractivity contribution in [3.63, 3.8) is 0 Å². The van der Waals surface area contributed by atoms with E-state index in [2.05, 4.69) is 60.8 Å². The zero-order chi connectivity index (χ0) is 38.5. The number of aromatic nitrogens is 4. The van der Waals surface area contributed by atoms with Gasteiger partial charge >= 0.3 is 5.97 Å². The Balaban J connectivity index is 1.02. The third-order valence-corrected chi connectivity index (χ3v) is 16.9. The quantitative estimate of drug-likeness (QED) is 0.106. The molecule has 2 aromatic carbocycles. The van der Waals surface area contributed by atoms with Crippen LogP contribution in [0.4, 0.5) is 18.9 Å². The summed E-state index contributed by atoms with van der Waals surface area (Å²) in [6, 6.07) is 8.51. The number of aryl methyl sites for hydroxylation is 1. The van der Waals surface area contributed by atoms with Crippen LogP contribution in [0.25, 0.3) is 22.0 Å². The number of rotatable bonds is 12. The van der Waals surface area contributed by atoms with Gasteiger partial charge in [-0.2, -0.15) is 5.10 Å². The van der Waals surface area contributed by atoms with Crippen molar-refractivity contribution in [3.05, 3.63) is 65.4 Å². The Hall–Kier alpha value is -3.68. The van der Waals surface area contributed by atoms with Crippen LogP contribution in [0.3, 0.4) is 0 Å². The lowest BCUT2D eigenvalue weighted by Gasteiger charge is -2.44. The second-order valence-corrected chi connectivity index (χ2v) is 21.9. The lowest BCUT2D eigenvalue weighted by molar-refractivity contribution is -0.146. The minimum atomic E-state index is -2.77. The molecule has 5 heterocycles. The van der Waals surface area contributed by atoms with Gasteiger partial charge in [0.05, 0.1) is 30.7 Å². The first-order chi connectivity index (χ1) is 25.6. The summed E-state index contributed by atoms with van der Waals surface area (Å²) < 4.78 is 58.6. The summed E-state index contributed by atoms with van der Waals surface area (Å²) in [5.41, 5.74) is 4.44. The molecule has 0 spiro atoms. The van der Waals surface area contributed by atoms with Crippen molar-refractivity contribution in [3.8, 4) is 11.1 Å². The van der Waals surface area contributed by atoms with E-state index < -0.39 is 32.9 Å². The maximum atomic E-state index is 14.7. The van der Waals surface area contributed by atoms with Crippen molar-refractivity contribution < 1.29 is 27.1 Å². The van der Waals surface area contributed by atoms with E-state index in [1.807, 2.05) is 19.1 Å². The van der Waals surface area contributed by atoms with Crippen LogP contribution in [0.5, 0.6) is 0 Å². The van der Waals surface area contributed by atoms with Crippen molar-refractivity contribution in [2.75, 3.05) is 50.8 Å². The Labute approximate surface area is 317 Å². The number of ether oxygens (including phenoxy) is 1. The number of esters is 1. The molecule has 0 amide bonds. The van der Waals surface area contributed by atoms with E-state index in [0.29, 0.717) is 34.3 Å². The Morgan fingerprint density at radius 3 is 2.41 bits per heavy atom. The molecular weight excluding hydrogens is 710 g/mol. The number of alkyl halides is 3. The van der Waals surface area contributed by atoms with E-state index in [0.717, 1.165) is 56.1 Å². The smallest absolute Gasteiger partial charge is 0.337 e. The summed E-state index contributed by atoms with van der Waals surface area (Å²) in [6.45, 7) is 21.7. The number of piperidine rings is 1. The van der Waals surface area contributed by atoms with E-state index in [9.17, 15) is 18.0 Å². The zero-order valence-corrected chi connectivity index (χ0v) is 33.7. The second-order valence-electron chi connectivity index (χ2n) is 17.1. The summed E-state index contributed by atoms with van der Waals surface area (Å²) >= 11 is 0. The fraction of sp³-hybridized carbons (Fsp3) is 0.585. The average Bonchev–Trinajstić information content (AvgIpc) is 3.81. The number of halogens is 3. The SMILES string of the molecule is CCOC(=O)C(c1ncn2c1CC(F)C2)n1cc2c(C(F)F)cc(-c3ccc(N4CC(CN5CCC(CO[Si](C)(C)C(C)(C)C)CC5)C4)cc3)c(C)c2n1. The number of imidazole rings is 1. The minimum Gasteiger partial charge on any atom is -0.464 e. The van der Waals surface area contributed by atoms with Gasteiger partial charge in [-0.15, -0.1) is 0 Å². The van der Waals surface area contributed by atoms with Crippen LogP contribution in [-0.2, 0) is 26.9 Å². The predicted octanol–water partition coefficient (Wildman–Crippen LogP) is 8.36. The lowest BCUT2D eigenvalue weighted by atomic mass is 9.93. The van der Waals surface area contributed by atoms with Gasteiger partial charge in [0, 0.05) is 67.1 Å². The van der Waals surface area contributed by atoms with Crippen LogP contribution in [0, 0.1) is 18.8 Å². The monoisotopic (exact) mass is 764 g/mol. The normalized spacial score (nSPS) is 19.5. The molecule has 0 saturated carbocycles. The summed E-state index contributed by atoms with van der Waals surface area (Å²) in [5.74, 6) is 0.652. The van der Waals surface area contributed by atoms with Gasteiger partial charge in [0.25, 0.3) is 6.43 Å². The molecule has 292 valence electrons. The number of fused-ring (bicyclic) bond motifs is 2. The lowest BCUT2D eigenvalue weighted by Crippen LogP contribution is -2.52. The van der Waals surface area contributed by atoms with Crippen LogP contribution in [0.15, 0.2) is 42.9 Å². The third-order valence-electron chi connectivity index (χ3n) is 12.4. The standard InChI is InChI=1S/C41H55F3N6O3Si/c1-8-52-40(51)38(37-35-17-30(42)22-49(35)25-45-37)50-23-34-33(39(43)44)18-32(26(2)36(34)46-50)29-9-11-31(12-10-29)48-20-28(21-48)19-47-15-13-27(14-16-47)24-53-54(6,7)41(3,4)5/h9-12,18,23,25,27-28,30,38-39H,8,13-17,19-22,24H2,1-7H3. The molecule has 7 rings (SSSR count). The molecule has 0 bridgehead atoms. The molecule has 4 aromatic rings. The van der Waals surface area contributed by atoms with Gasteiger partial charge < -0.3 is 23.5 Å². The molecule has 9 nitrogen and oxygen atoms in total. The zero-order valence-electron chi connectivity index (χ0n) is 32.7. The minimum absolute atomic E-state index is 0.110. The van der Waals surface area contributed by atoms with Gasteiger partial charge in [-0.1, -0.05) is 32.9 Å². The van der Waals surface area contributed by atoms with Crippen molar-refractivity contribution in [1.82, 2.24) is 24.2 Å². The summed E-state index contributed by atoms with van der Waals surface area (Å²) in [7, 11) is -1.71. The largest absolute Gasteiger partial charge is 0.464 e. The molecular formula is C41H55F3N6O3Si. The van der Waals surface area contributed by atoms with Gasteiger partial charge in [0.1, 0.15) is 6.17 Å². The molecule has 3 aliphatic heterocycles. The van der Waals surface area contributed by atoms with Crippen molar-refractivity contribution >= 4 is 30.9 Å². The van der Waals surface area contributed by atoms with Crippen LogP contribution in [0.1, 0.15) is 75.5 Å². The fourth-order valence-electron chi connectivity index (χ4n) is 8.04. The van der Waals surface area contributed by atoms with Gasteiger partial charge in [0.15, 0.2) is 14.4 Å². The number of nitrogens with zero attached hydrogens (tertiary/aromatic N) is 6. The summed E-state index contributed by atoms with van der Waals surface area (Å²) in [5, 5.41) is 5.22. The van der Waals surface area contributed by atoms with E-state index in [-0.39, 0.29) is 35.6 Å². The Morgan fingerprint density at radius 2 is 1.76 bits per heavy atom. The van der Waals surface area contributed by atoms with Gasteiger partial charge in [0.2, 0.25) is 0 Å². The third kappa shape index (κ3) is 7.60. The van der Waals surface area contributed by atoms with Crippen LogP contribution in [0.2, 0.25) is 18.1 Å². The maximum absolute atomic E-state index is 14.7. The highest BCUT2D eigenvalue weighted by Gasteiger charge is 2.39. The summed E-state index contributed by atoms with van der Waals surface area (Å²) in [4.78, 5) is 22.8. The number of hydrogen-bond donors (Lipinski definition) is 0. The van der Waals surface area contributed by atoms with E-state index in [4.69, 9.17) is 14.3 Å². The average molecular weight is 765 g/mol.